The Labute approximate surface area is 173 Å². The van der Waals surface area contributed by atoms with Crippen molar-refractivity contribution in [1.82, 2.24) is 15.3 Å². The molecule has 0 saturated carbocycles. The SMILES string of the molecule is C#Cc1ccc(N2CCNC(c3ccccc3)C2)nc1C(=O)c1cccnc1C.[HH].[HH]. The van der Waals surface area contributed by atoms with E-state index < -0.39 is 0 Å². The Morgan fingerprint density at radius 3 is 2.79 bits per heavy atom. The first-order valence-corrected chi connectivity index (χ1v) is 9.64. The first kappa shape index (κ1) is 18.9. The highest BCUT2D eigenvalue weighted by atomic mass is 16.1. The minimum Gasteiger partial charge on any atom is -0.353 e. The first-order chi connectivity index (χ1) is 14.2. The summed E-state index contributed by atoms with van der Waals surface area (Å²) < 4.78 is 0. The van der Waals surface area contributed by atoms with Crippen molar-refractivity contribution < 1.29 is 7.65 Å². The molecule has 2 aromatic heterocycles. The zero-order valence-electron chi connectivity index (χ0n) is 16.3. The van der Waals surface area contributed by atoms with Crippen molar-refractivity contribution in [3.05, 3.63) is 88.9 Å². The molecule has 3 aromatic rings. The standard InChI is InChI=1S/C24H22N4O.2H2/c1-3-18-11-12-22(27-23(18)24(29)20-10-7-13-25-17(20)2)28-15-14-26-21(16-28)19-8-5-4-6-9-19;;/h1,4-13,21,26H,14-16H2,2H3;2*1H. The largest absolute Gasteiger partial charge is 0.353 e. The topological polar surface area (TPSA) is 58.1 Å². The zero-order chi connectivity index (χ0) is 20.2. The summed E-state index contributed by atoms with van der Waals surface area (Å²) in [5.41, 5.74) is 3.22. The van der Waals surface area contributed by atoms with E-state index in [2.05, 4.69) is 33.3 Å². The summed E-state index contributed by atoms with van der Waals surface area (Å²) >= 11 is 0. The van der Waals surface area contributed by atoms with E-state index in [0.29, 0.717) is 22.5 Å². The molecule has 4 rings (SSSR count). The number of aromatic nitrogens is 2. The van der Waals surface area contributed by atoms with Gasteiger partial charge in [0.25, 0.3) is 0 Å². The van der Waals surface area contributed by atoms with Gasteiger partial charge in [0.15, 0.2) is 0 Å². The molecule has 1 fully saturated rings. The van der Waals surface area contributed by atoms with Crippen LogP contribution in [0.4, 0.5) is 5.82 Å². The van der Waals surface area contributed by atoms with E-state index in [1.165, 1.54) is 5.56 Å². The molecule has 0 radical (unpaired) electrons. The van der Waals surface area contributed by atoms with E-state index in [-0.39, 0.29) is 14.7 Å². The summed E-state index contributed by atoms with van der Waals surface area (Å²) in [5, 5.41) is 3.55. The lowest BCUT2D eigenvalue weighted by atomic mass is 10.0. The molecule has 5 heteroatoms. The Balaban J connectivity index is 0.00000171. The van der Waals surface area contributed by atoms with Gasteiger partial charge in [-0.15, -0.1) is 6.42 Å². The zero-order valence-corrected chi connectivity index (χ0v) is 16.3. The lowest BCUT2D eigenvalue weighted by molar-refractivity contribution is 0.103. The maximum atomic E-state index is 13.1. The molecule has 1 atom stereocenters. The molecular formula is C24H26N4O. The lowest BCUT2D eigenvalue weighted by Crippen LogP contribution is -2.46. The van der Waals surface area contributed by atoms with Crippen LogP contribution in [0, 0.1) is 19.3 Å². The molecule has 0 aliphatic carbocycles. The molecule has 0 amide bonds. The number of pyridine rings is 2. The molecular weight excluding hydrogens is 360 g/mol. The second-order valence-corrected chi connectivity index (χ2v) is 7.04. The second kappa shape index (κ2) is 8.26. The Bertz CT molecular complexity index is 1080. The van der Waals surface area contributed by atoms with Crippen LogP contribution in [0.1, 0.15) is 41.8 Å². The van der Waals surface area contributed by atoms with Crippen molar-refractivity contribution in [2.75, 3.05) is 24.5 Å². The molecule has 1 aromatic carbocycles. The number of anilines is 1. The van der Waals surface area contributed by atoms with E-state index in [4.69, 9.17) is 11.4 Å². The van der Waals surface area contributed by atoms with Gasteiger partial charge in [-0.05, 0) is 36.8 Å². The third-order valence-corrected chi connectivity index (χ3v) is 5.20. The second-order valence-electron chi connectivity index (χ2n) is 7.04. The number of aryl methyl sites for hydroxylation is 1. The third kappa shape index (κ3) is 3.89. The van der Waals surface area contributed by atoms with E-state index in [1.807, 2.05) is 31.2 Å². The molecule has 0 spiro atoms. The molecule has 3 heterocycles. The van der Waals surface area contributed by atoms with Crippen LogP contribution in [0.25, 0.3) is 0 Å². The Morgan fingerprint density at radius 1 is 1.21 bits per heavy atom. The van der Waals surface area contributed by atoms with Crippen molar-refractivity contribution >= 4 is 11.6 Å². The number of hydrogen-bond donors (Lipinski definition) is 1. The van der Waals surface area contributed by atoms with Crippen LogP contribution >= 0.6 is 0 Å². The summed E-state index contributed by atoms with van der Waals surface area (Å²) in [6.45, 7) is 4.23. The fourth-order valence-electron chi connectivity index (χ4n) is 3.63. The predicted octanol–water partition coefficient (Wildman–Crippen LogP) is 3.64. The van der Waals surface area contributed by atoms with Crippen LogP contribution in [0.5, 0.6) is 0 Å². The van der Waals surface area contributed by atoms with Crippen LogP contribution < -0.4 is 10.2 Å². The number of benzene rings is 1. The normalized spacial score (nSPS) is 16.3. The fraction of sp³-hybridized carbons (Fsp3) is 0.208. The monoisotopic (exact) mass is 386 g/mol. The Kier molecular flexibility index (Phi) is 5.37. The number of ketones is 1. The number of terminal acetylenes is 1. The van der Waals surface area contributed by atoms with Gasteiger partial charge in [-0.25, -0.2) is 4.98 Å². The Morgan fingerprint density at radius 2 is 2.03 bits per heavy atom. The van der Waals surface area contributed by atoms with Gasteiger partial charge < -0.3 is 10.2 Å². The summed E-state index contributed by atoms with van der Waals surface area (Å²) in [4.78, 5) is 24.2. The van der Waals surface area contributed by atoms with E-state index >= 15 is 0 Å². The van der Waals surface area contributed by atoms with Crippen LogP contribution in [0.3, 0.4) is 0 Å². The van der Waals surface area contributed by atoms with Gasteiger partial charge in [0, 0.05) is 46.0 Å². The smallest absolute Gasteiger partial charge is 0.214 e. The number of piperazine rings is 1. The molecule has 29 heavy (non-hydrogen) atoms. The molecule has 1 unspecified atom stereocenters. The Hall–Kier alpha value is -3.49. The highest BCUT2D eigenvalue weighted by Gasteiger charge is 2.24. The number of nitrogens with one attached hydrogen (secondary N) is 1. The van der Waals surface area contributed by atoms with Crippen molar-refractivity contribution in [1.29, 1.82) is 0 Å². The summed E-state index contributed by atoms with van der Waals surface area (Å²) in [7, 11) is 0. The molecule has 1 aliphatic rings. The van der Waals surface area contributed by atoms with Gasteiger partial charge >= 0.3 is 0 Å². The van der Waals surface area contributed by atoms with E-state index in [9.17, 15) is 4.79 Å². The van der Waals surface area contributed by atoms with Crippen molar-refractivity contribution in [2.45, 2.75) is 13.0 Å². The van der Waals surface area contributed by atoms with Gasteiger partial charge in [0.1, 0.15) is 11.5 Å². The van der Waals surface area contributed by atoms with Crippen molar-refractivity contribution in [3.8, 4) is 12.3 Å². The summed E-state index contributed by atoms with van der Waals surface area (Å²) in [5.74, 6) is 3.16. The van der Waals surface area contributed by atoms with Crippen molar-refractivity contribution in [3.63, 3.8) is 0 Å². The molecule has 148 valence electrons. The predicted molar refractivity (Wildman–Crippen MR) is 118 cm³/mol. The first-order valence-electron chi connectivity index (χ1n) is 9.64. The minimum absolute atomic E-state index is 0. The van der Waals surface area contributed by atoms with Gasteiger partial charge in [0.05, 0.1) is 5.56 Å². The van der Waals surface area contributed by atoms with Crippen molar-refractivity contribution in [2.24, 2.45) is 0 Å². The third-order valence-electron chi connectivity index (χ3n) is 5.20. The molecule has 1 saturated heterocycles. The minimum atomic E-state index is -0.194. The quantitative estimate of drug-likeness (QED) is 0.548. The number of rotatable bonds is 4. The molecule has 1 N–H and O–H groups in total. The van der Waals surface area contributed by atoms with Crippen LogP contribution in [-0.4, -0.2) is 35.4 Å². The van der Waals surface area contributed by atoms with E-state index in [0.717, 1.165) is 25.5 Å². The van der Waals surface area contributed by atoms with Crippen LogP contribution in [0.15, 0.2) is 60.8 Å². The average molecular weight is 386 g/mol. The number of nitrogens with zero attached hydrogens (tertiary/aromatic N) is 3. The number of hydrogen-bond acceptors (Lipinski definition) is 5. The molecule has 0 bridgehead atoms. The maximum absolute atomic E-state index is 13.1. The average Bonchev–Trinajstić information content (AvgIpc) is 2.79. The van der Waals surface area contributed by atoms with Gasteiger partial charge in [-0.1, -0.05) is 36.3 Å². The number of carbonyl (C=O) groups excluding carboxylic acids is 1. The van der Waals surface area contributed by atoms with Gasteiger partial charge in [-0.3, -0.25) is 9.78 Å². The fourth-order valence-corrected chi connectivity index (χ4v) is 3.63. The van der Waals surface area contributed by atoms with Gasteiger partial charge in [-0.2, -0.15) is 0 Å². The van der Waals surface area contributed by atoms with E-state index in [1.54, 1.807) is 24.4 Å². The highest BCUT2D eigenvalue weighted by Crippen LogP contribution is 2.23. The molecule has 1 aliphatic heterocycles. The van der Waals surface area contributed by atoms with Crippen LogP contribution in [-0.2, 0) is 0 Å². The lowest BCUT2D eigenvalue weighted by Gasteiger charge is -2.35. The molecule has 5 nitrogen and oxygen atoms in total. The van der Waals surface area contributed by atoms with Gasteiger partial charge in [0.2, 0.25) is 5.78 Å². The summed E-state index contributed by atoms with van der Waals surface area (Å²) in [6.07, 6.45) is 7.32. The highest BCUT2D eigenvalue weighted by molar-refractivity contribution is 6.10. The van der Waals surface area contributed by atoms with Crippen LogP contribution in [0.2, 0.25) is 0 Å². The number of carbonyl (C=O) groups is 1. The summed E-state index contributed by atoms with van der Waals surface area (Å²) in [6, 6.07) is 17.8. The maximum Gasteiger partial charge on any atom is 0.214 e.